The van der Waals surface area contributed by atoms with E-state index in [1.54, 1.807) is 6.92 Å². The number of carbonyl (C=O) groups is 1. The summed E-state index contributed by atoms with van der Waals surface area (Å²) in [6.07, 6.45) is 4.20. The molecule has 1 aromatic rings. The molecule has 16 heavy (non-hydrogen) atoms. The van der Waals surface area contributed by atoms with Crippen LogP contribution in [0.5, 0.6) is 0 Å². The standard InChI is InChI=1S/C14H17NO/c1-10(16)7-11-8-12-3-2-5-15-6-4-13(9-11)14(12)15/h8-9H,2-7H2,1H3. The quantitative estimate of drug-likeness (QED) is 0.753. The van der Waals surface area contributed by atoms with Gasteiger partial charge in [0.05, 0.1) is 0 Å². The third-order valence-electron chi connectivity index (χ3n) is 3.62. The Bertz CT molecular complexity index is 450. The molecule has 0 saturated heterocycles. The van der Waals surface area contributed by atoms with Gasteiger partial charge in [0.15, 0.2) is 0 Å². The van der Waals surface area contributed by atoms with Crippen LogP contribution in [-0.2, 0) is 24.1 Å². The average Bonchev–Trinajstić information content (AvgIpc) is 2.62. The summed E-state index contributed by atoms with van der Waals surface area (Å²) in [5.41, 5.74) is 5.63. The summed E-state index contributed by atoms with van der Waals surface area (Å²) < 4.78 is 0. The Morgan fingerprint density at radius 2 is 2.00 bits per heavy atom. The second-order valence-electron chi connectivity index (χ2n) is 4.98. The van der Waals surface area contributed by atoms with E-state index in [1.165, 1.54) is 48.3 Å². The molecule has 3 rings (SSSR count). The molecule has 0 spiro atoms. The molecule has 0 aromatic heterocycles. The number of carbonyl (C=O) groups excluding carboxylic acids is 1. The highest BCUT2D eigenvalue weighted by atomic mass is 16.1. The molecule has 0 saturated carbocycles. The number of anilines is 1. The van der Waals surface area contributed by atoms with Gasteiger partial charge in [-0.25, -0.2) is 0 Å². The van der Waals surface area contributed by atoms with E-state index in [9.17, 15) is 4.79 Å². The lowest BCUT2D eigenvalue weighted by atomic mass is 9.95. The number of hydrogen-bond donors (Lipinski definition) is 0. The van der Waals surface area contributed by atoms with Crippen LogP contribution in [0.1, 0.15) is 30.0 Å². The van der Waals surface area contributed by atoms with E-state index in [4.69, 9.17) is 0 Å². The molecule has 2 aliphatic rings. The topological polar surface area (TPSA) is 20.3 Å². The smallest absolute Gasteiger partial charge is 0.134 e. The monoisotopic (exact) mass is 215 g/mol. The Labute approximate surface area is 96.3 Å². The second kappa shape index (κ2) is 3.62. The Hall–Kier alpha value is -1.31. The number of rotatable bonds is 2. The fraction of sp³-hybridized carbons (Fsp3) is 0.500. The first-order valence-electron chi connectivity index (χ1n) is 6.13. The highest BCUT2D eigenvalue weighted by Crippen LogP contribution is 2.36. The highest BCUT2D eigenvalue weighted by molar-refractivity contribution is 5.79. The van der Waals surface area contributed by atoms with Crippen LogP contribution in [-0.4, -0.2) is 18.9 Å². The van der Waals surface area contributed by atoms with Gasteiger partial charge in [-0.05, 0) is 42.9 Å². The van der Waals surface area contributed by atoms with E-state index in [2.05, 4.69) is 17.0 Å². The maximum absolute atomic E-state index is 11.2. The van der Waals surface area contributed by atoms with Crippen LogP contribution in [0.3, 0.4) is 0 Å². The number of nitrogens with zero attached hydrogens (tertiary/aromatic N) is 1. The van der Waals surface area contributed by atoms with Gasteiger partial charge in [-0.3, -0.25) is 4.79 Å². The van der Waals surface area contributed by atoms with E-state index in [0.29, 0.717) is 6.42 Å². The Kier molecular flexibility index (Phi) is 2.23. The average molecular weight is 215 g/mol. The summed E-state index contributed by atoms with van der Waals surface area (Å²) >= 11 is 0. The zero-order valence-electron chi connectivity index (χ0n) is 9.75. The molecule has 2 heteroatoms. The van der Waals surface area contributed by atoms with Crippen molar-refractivity contribution in [3.8, 4) is 0 Å². The Morgan fingerprint density at radius 1 is 1.25 bits per heavy atom. The minimum atomic E-state index is 0.262. The van der Waals surface area contributed by atoms with Crippen molar-refractivity contribution >= 4 is 11.5 Å². The highest BCUT2D eigenvalue weighted by Gasteiger charge is 2.25. The summed E-state index contributed by atoms with van der Waals surface area (Å²) in [7, 11) is 0. The second-order valence-corrected chi connectivity index (χ2v) is 4.98. The molecule has 0 bridgehead atoms. The van der Waals surface area contributed by atoms with Gasteiger partial charge >= 0.3 is 0 Å². The van der Waals surface area contributed by atoms with Crippen molar-refractivity contribution < 1.29 is 4.79 Å². The number of benzene rings is 1. The minimum Gasteiger partial charge on any atom is -0.371 e. The number of ketones is 1. The van der Waals surface area contributed by atoms with Crippen molar-refractivity contribution in [3.63, 3.8) is 0 Å². The predicted octanol–water partition coefficient (Wildman–Crippen LogP) is 2.13. The predicted molar refractivity (Wildman–Crippen MR) is 65.1 cm³/mol. The summed E-state index contributed by atoms with van der Waals surface area (Å²) in [5, 5.41) is 0. The van der Waals surface area contributed by atoms with Crippen LogP contribution in [0, 0.1) is 0 Å². The largest absolute Gasteiger partial charge is 0.371 e. The lowest BCUT2D eigenvalue weighted by Gasteiger charge is -2.27. The molecular formula is C14H17NO. The maximum atomic E-state index is 11.2. The number of hydrogen-bond acceptors (Lipinski definition) is 2. The van der Waals surface area contributed by atoms with Gasteiger partial charge in [-0.15, -0.1) is 0 Å². The van der Waals surface area contributed by atoms with E-state index in [0.717, 1.165) is 6.42 Å². The van der Waals surface area contributed by atoms with Crippen LogP contribution in [0.25, 0.3) is 0 Å². The van der Waals surface area contributed by atoms with Crippen LogP contribution < -0.4 is 4.90 Å². The van der Waals surface area contributed by atoms with E-state index in [-0.39, 0.29) is 5.78 Å². The molecule has 0 amide bonds. The first-order valence-corrected chi connectivity index (χ1v) is 6.13. The zero-order chi connectivity index (χ0) is 11.1. The first kappa shape index (κ1) is 9.88. The van der Waals surface area contributed by atoms with Crippen molar-refractivity contribution in [1.29, 1.82) is 0 Å². The molecule has 0 radical (unpaired) electrons. The van der Waals surface area contributed by atoms with Gasteiger partial charge in [0.25, 0.3) is 0 Å². The summed E-state index contributed by atoms with van der Waals surface area (Å²) in [5.74, 6) is 0.262. The first-order chi connectivity index (χ1) is 7.74. The molecule has 2 heterocycles. The fourth-order valence-corrected chi connectivity index (χ4v) is 3.06. The molecule has 2 nitrogen and oxygen atoms in total. The van der Waals surface area contributed by atoms with Crippen LogP contribution in [0.4, 0.5) is 5.69 Å². The molecule has 0 N–H and O–H groups in total. The molecule has 0 unspecified atom stereocenters. The SMILES string of the molecule is CC(=O)Cc1cc2c3c(c1)CCN3CCC2. The van der Waals surface area contributed by atoms with Crippen molar-refractivity contribution in [2.24, 2.45) is 0 Å². The van der Waals surface area contributed by atoms with Crippen LogP contribution >= 0.6 is 0 Å². The van der Waals surface area contributed by atoms with Crippen LogP contribution in [0.2, 0.25) is 0 Å². The van der Waals surface area contributed by atoms with Gasteiger partial charge in [0, 0.05) is 25.2 Å². The van der Waals surface area contributed by atoms with E-state index in [1.807, 2.05) is 0 Å². The molecule has 0 atom stereocenters. The maximum Gasteiger partial charge on any atom is 0.134 e. The van der Waals surface area contributed by atoms with Crippen molar-refractivity contribution in [2.45, 2.75) is 32.6 Å². The summed E-state index contributed by atoms with van der Waals surface area (Å²) in [6.45, 7) is 4.06. The lowest BCUT2D eigenvalue weighted by Crippen LogP contribution is -2.26. The van der Waals surface area contributed by atoms with Crippen molar-refractivity contribution in [2.75, 3.05) is 18.0 Å². The minimum absolute atomic E-state index is 0.262. The third kappa shape index (κ3) is 1.53. The molecule has 1 aromatic carbocycles. The van der Waals surface area contributed by atoms with Gasteiger partial charge in [-0.1, -0.05) is 12.1 Å². The molecule has 0 fully saturated rings. The van der Waals surface area contributed by atoms with Crippen molar-refractivity contribution in [1.82, 2.24) is 0 Å². The normalized spacial score (nSPS) is 17.4. The molecule has 0 aliphatic carbocycles. The number of aryl methyl sites for hydroxylation is 1. The Balaban J connectivity index is 2.04. The van der Waals surface area contributed by atoms with E-state index >= 15 is 0 Å². The molecule has 2 aliphatic heterocycles. The van der Waals surface area contributed by atoms with Gasteiger partial charge in [-0.2, -0.15) is 0 Å². The molecular weight excluding hydrogens is 198 g/mol. The third-order valence-corrected chi connectivity index (χ3v) is 3.62. The van der Waals surface area contributed by atoms with Gasteiger partial charge in [0.2, 0.25) is 0 Å². The van der Waals surface area contributed by atoms with Crippen LogP contribution in [0.15, 0.2) is 12.1 Å². The lowest BCUT2D eigenvalue weighted by molar-refractivity contribution is -0.116. The molecule has 84 valence electrons. The fourth-order valence-electron chi connectivity index (χ4n) is 3.06. The summed E-state index contributed by atoms with van der Waals surface area (Å²) in [4.78, 5) is 13.7. The van der Waals surface area contributed by atoms with E-state index < -0.39 is 0 Å². The van der Waals surface area contributed by atoms with Gasteiger partial charge < -0.3 is 4.90 Å². The zero-order valence-corrected chi connectivity index (χ0v) is 9.75. The summed E-state index contributed by atoms with van der Waals surface area (Å²) in [6, 6.07) is 4.49. The Morgan fingerprint density at radius 3 is 2.75 bits per heavy atom. The van der Waals surface area contributed by atoms with Gasteiger partial charge in [0.1, 0.15) is 5.78 Å². The van der Waals surface area contributed by atoms with Crippen molar-refractivity contribution in [3.05, 3.63) is 28.8 Å². The number of Topliss-reactive ketones (excluding diaryl/α,β-unsaturated/α-hetero) is 1.